The van der Waals surface area contributed by atoms with Crippen LogP contribution in [0.25, 0.3) is 0 Å². The topological polar surface area (TPSA) is 77.7 Å². The number of hydrogen-bond donors (Lipinski definition) is 0. The second-order valence-corrected chi connectivity index (χ2v) is 8.07. The van der Waals surface area contributed by atoms with Crippen molar-refractivity contribution in [1.29, 1.82) is 0 Å². The van der Waals surface area contributed by atoms with Crippen LogP contribution in [0.2, 0.25) is 5.02 Å². The maximum Gasteiger partial charge on any atom is 0.335 e. The molecular formula is C18H21ClN2O4S. The summed E-state index contributed by atoms with van der Waals surface area (Å²) in [6, 6.07) is 7.51. The molecule has 0 bridgehead atoms. The van der Waals surface area contributed by atoms with Crippen LogP contribution in [0.4, 0.5) is 0 Å². The molecule has 0 aliphatic carbocycles. The molecule has 0 fully saturated rings. The van der Waals surface area contributed by atoms with Gasteiger partial charge in [0.05, 0.1) is 10.6 Å². The summed E-state index contributed by atoms with van der Waals surface area (Å²) in [5.41, 5.74) is 0.961. The zero-order valence-corrected chi connectivity index (χ0v) is 16.3. The van der Waals surface area contributed by atoms with Gasteiger partial charge in [-0.3, -0.25) is 0 Å². The summed E-state index contributed by atoms with van der Waals surface area (Å²) < 4.78 is 26.3. The first-order valence-electron chi connectivity index (χ1n) is 8.28. The number of carbonyl (C=O) groups excluding carboxylic acids is 1. The second kappa shape index (κ2) is 9.00. The summed E-state index contributed by atoms with van der Waals surface area (Å²) in [7, 11) is -3.72. The normalized spacial score (nSPS) is 12.2. The minimum Gasteiger partial charge on any atom is -0.318 e. The zero-order chi connectivity index (χ0) is 19.2. The van der Waals surface area contributed by atoms with E-state index in [9.17, 15) is 13.2 Å². The molecule has 0 amide bonds. The molecule has 1 heterocycles. The van der Waals surface area contributed by atoms with Crippen molar-refractivity contribution in [2.75, 3.05) is 0 Å². The molecular weight excluding hydrogens is 376 g/mol. The summed E-state index contributed by atoms with van der Waals surface area (Å²) in [5.74, 6) is -0.397. The molecule has 0 spiro atoms. The van der Waals surface area contributed by atoms with E-state index in [0.29, 0.717) is 22.7 Å². The van der Waals surface area contributed by atoms with Crippen molar-refractivity contribution in [2.24, 2.45) is 5.16 Å². The van der Waals surface area contributed by atoms with Gasteiger partial charge in [0, 0.05) is 29.4 Å². The lowest BCUT2D eigenvalue weighted by Gasteiger charge is -2.05. The van der Waals surface area contributed by atoms with Crippen molar-refractivity contribution >= 4 is 33.3 Å². The smallest absolute Gasteiger partial charge is 0.318 e. The van der Waals surface area contributed by atoms with Crippen molar-refractivity contribution in [3.8, 4) is 0 Å². The van der Waals surface area contributed by atoms with Crippen molar-refractivity contribution < 1.29 is 18.0 Å². The Hall–Kier alpha value is -2.12. The minimum atomic E-state index is -3.72. The van der Waals surface area contributed by atoms with Crippen LogP contribution in [-0.2, 0) is 19.7 Å². The molecule has 0 saturated carbocycles. The molecule has 0 N–H and O–H groups in total. The predicted octanol–water partition coefficient (Wildman–Crippen LogP) is 4.23. The molecule has 2 aromatic rings. The van der Waals surface area contributed by atoms with Crippen LogP contribution in [0.15, 0.2) is 52.8 Å². The lowest BCUT2D eigenvalue weighted by molar-refractivity contribution is -0.143. The number of unbranched alkanes of at least 4 members (excludes halogenated alkanes) is 2. The number of nitrogens with zero attached hydrogens (tertiary/aromatic N) is 2. The van der Waals surface area contributed by atoms with Crippen LogP contribution in [0.1, 0.15) is 45.1 Å². The van der Waals surface area contributed by atoms with Gasteiger partial charge in [0.1, 0.15) is 0 Å². The molecule has 6 nitrogen and oxygen atoms in total. The molecule has 1 aromatic heterocycles. The third-order valence-corrected chi connectivity index (χ3v) is 5.65. The van der Waals surface area contributed by atoms with E-state index >= 15 is 0 Å². The number of aromatic nitrogens is 1. The van der Waals surface area contributed by atoms with Crippen molar-refractivity contribution in [3.05, 3.63) is 53.3 Å². The average molecular weight is 397 g/mol. The molecule has 1 aromatic carbocycles. The summed E-state index contributed by atoms with van der Waals surface area (Å²) in [5, 5.41) is 4.25. The Kier molecular flexibility index (Phi) is 6.99. The Balaban J connectivity index is 2.09. The number of halogens is 1. The molecule has 0 unspecified atom stereocenters. The number of oxime groups is 1. The maximum absolute atomic E-state index is 12.6. The van der Waals surface area contributed by atoms with Gasteiger partial charge in [0.25, 0.3) is 10.0 Å². The summed E-state index contributed by atoms with van der Waals surface area (Å²) >= 11 is 5.79. The predicted molar refractivity (Wildman–Crippen MR) is 101 cm³/mol. The molecule has 0 saturated heterocycles. The molecule has 0 aliphatic rings. The summed E-state index contributed by atoms with van der Waals surface area (Å²) in [6.45, 7) is 3.70. The van der Waals surface area contributed by atoms with E-state index in [2.05, 4.69) is 12.1 Å². The van der Waals surface area contributed by atoms with Crippen LogP contribution in [-0.4, -0.2) is 24.1 Å². The van der Waals surface area contributed by atoms with E-state index in [1.54, 1.807) is 13.0 Å². The third-order valence-electron chi connectivity index (χ3n) is 3.74. The van der Waals surface area contributed by atoms with Crippen LogP contribution in [0, 0.1) is 0 Å². The van der Waals surface area contributed by atoms with Crippen molar-refractivity contribution in [3.63, 3.8) is 0 Å². The van der Waals surface area contributed by atoms with Gasteiger partial charge in [-0.15, -0.1) is 0 Å². The molecule has 26 heavy (non-hydrogen) atoms. The number of hydrogen-bond acceptors (Lipinski definition) is 5. The van der Waals surface area contributed by atoms with E-state index in [4.69, 9.17) is 16.4 Å². The van der Waals surface area contributed by atoms with Gasteiger partial charge in [-0.05, 0) is 43.7 Å². The molecule has 0 radical (unpaired) electrons. The zero-order valence-electron chi connectivity index (χ0n) is 14.7. The Labute approximate surface area is 158 Å². The Morgan fingerprint density at radius 3 is 2.54 bits per heavy atom. The molecule has 0 aliphatic heterocycles. The van der Waals surface area contributed by atoms with Gasteiger partial charge >= 0.3 is 5.97 Å². The Morgan fingerprint density at radius 1 is 1.19 bits per heavy atom. The van der Waals surface area contributed by atoms with E-state index < -0.39 is 16.0 Å². The standard InChI is InChI=1S/C18H21ClN2O4S/c1-3-4-5-6-18(22)25-20-14(2)15-11-12-21(13-15)26(23,24)17-9-7-16(19)8-10-17/h7-13H,3-6H2,1-2H3/b20-14-. The minimum absolute atomic E-state index is 0.126. The highest BCUT2D eigenvalue weighted by Gasteiger charge is 2.17. The van der Waals surface area contributed by atoms with Gasteiger partial charge < -0.3 is 4.84 Å². The van der Waals surface area contributed by atoms with Gasteiger partial charge in [0.15, 0.2) is 0 Å². The van der Waals surface area contributed by atoms with Gasteiger partial charge in [0.2, 0.25) is 0 Å². The van der Waals surface area contributed by atoms with E-state index in [-0.39, 0.29) is 4.90 Å². The fraction of sp³-hybridized carbons (Fsp3) is 0.333. The fourth-order valence-electron chi connectivity index (χ4n) is 2.21. The van der Waals surface area contributed by atoms with Crippen LogP contribution >= 0.6 is 11.6 Å². The van der Waals surface area contributed by atoms with Crippen molar-refractivity contribution in [2.45, 2.75) is 44.4 Å². The monoisotopic (exact) mass is 396 g/mol. The lowest BCUT2D eigenvalue weighted by Crippen LogP contribution is -2.11. The van der Waals surface area contributed by atoms with Crippen LogP contribution in [0.3, 0.4) is 0 Å². The highest BCUT2D eigenvalue weighted by molar-refractivity contribution is 7.90. The largest absolute Gasteiger partial charge is 0.335 e. The highest BCUT2D eigenvalue weighted by atomic mass is 35.5. The van der Waals surface area contributed by atoms with E-state index in [1.165, 1.54) is 36.7 Å². The van der Waals surface area contributed by atoms with Gasteiger partial charge in [-0.25, -0.2) is 17.2 Å². The fourth-order valence-corrected chi connectivity index (χ4v) is 3.53. The number of rotatable bonds is 8. The summed E-state index contributed by atoms with van der Waals surface area (Å²) in [6.07, 6.45) is 5.90. The van der Waals surface area contributed by atoms with E-state index in [0.717, 1.165) is 23.2 Å². The van der Waals surface area contributed by atoms with Gasteiger partial charge in [-0.1, -0.05) is 36.5 Å². The van der Waals surface area contributed by atoms with E-state index in [1.807, 2.05) is 0 Å². The first-order valence-corrected chi connectivity index (χ1v) is 10.1. The second-order valence-electron chi connectivity index (χ2n) is 5.79. The SMILES string of the molecule is CCCCCC(=O)O/N=C(/C)c1ccn(S(=O)(=O)c2ccc(Cl)cc2)c1. The molecule has 2 rings (SSSR count). The third kappa shape index (κ3) is 5.19. The first-order chi connectivity index (χ1) is 12.3. The Bertz CT molecular complexity index is 886. The summed E-state index contributed by atoms with van der Waals surface area (Å²) in [4.78, 5) is 16.6. The number of benzene rings is 1. The highest BCUT2D eigenvalue weighted by Crippen LogP contribution is 2.18. The van der Waals surface area contributed by atoms with Crippen LogP contribution < -0.4 is 0 Å². The van der Waals surface area contributed by atoms with Crippen molar-refractivity contribution in [1.82, 2.24) is 3.97 Å². The molecule has 140 valence electrons. The molecule has 0 atom stereocenters. The first kappa shape index (κ1) is 20.2. The maximum atomic E-state index is 12.6. The van der Waals surface area contributed by atoms with Crippen LogP contribution in [0.5, 0.6) is 0 Å². The van der Waals surface area contributed by atoms with Gasteiger partial charge in [-0.2, -0.15) is 0 Å². The average Bonchev–Trinajstić information content (AvgIpc) is 3.11. The number of carbonyl (C=O) groups is 1. The Morgan fingerprint density at radius 2 is 1.88 bits per heavy atom. The quantitative estimate of drug-likeness (QED) is 0.289. The molecule has 8 heteroatoms. The lowest BCUT2D eigenvalue weighted by atomic mass is 10.2.